The zero-order valence-corrected chi connectivity index (χ0v) is 26.2. The van der Waals surface area contributed by atoms with Gasteiger partial charge in [-0.1, -0.05) is 158 Å². The van der Waals surface area contributed by atoms with Crippen LogP contribution in [0.1, 0.15) is 0 Å². The van der Waals surface area contributed by atoms with Gasteiger partial charge in [-0.3, -0.25) is 0 Å². The third kappa shape index (κ3) is 4.92. The molecule has 0 bridgehead atoms. The maximum atomic E-state index is 5.32. The summed E-state index contributed by atoms with van der Waals surface area (Å²) in [5.41, 5.74) is 13.2. The van der Waals surface area contributed by atoms with Gasteiger partial charge in [0.15, 0.2) is 0 Å². The molecule has 0 aliphatic heterocycles. The van der Waals surface area contributed by atoms with Crippen molar-refractivity contribution in [3.63, 3.8) is 0 Å². The number of nitrogens with zero attached hydrogens (tertiary/aromatic N) is 2. The van der Waals surface area contributed by atoms with E-state index in [1.165, 1.54) is 27.6 Å². The van der Waals surface area contributed by atoms with Crippen LogP contribution in [-0.2, 0) is 0 Å². The maximum Gasteiger partial charge on any atom is 0.0794 e. The number of hydrogen-bond acceptors (Lipinski definition) is 2. The summed E-state index contributed by atoms with van der Waals surface area (Å²) in [5.74, 6) is 0. The molecule has 2 aromatic heterocycles. The number of benzene rings is 7. The zero-order chi connectivity index (χ0) is 31.9. The number of rotatable bonds is 5. The Hall–Kier alpha value is -6.38. The molecule has 0 atom stereocenters. The second kappa shape index (κ2) is 11.8. The van der Waals surface area contributed by atoms with Gasteiger partial charge in [0.25, 0.3) is 0 Å². The fraction of sp³-hybridized carbons (Fsp3) is 0. The Bertz CT molecular complexity index is 2570. The van der Waals surface area contributed by atoms with Gasteiger partial charge in [0.2, 0.25) is 0 Å². The maximum absolute atomic E-state index is 5.32. The molecule has 224 valence electrons. The summed E-state index contributed by atoms with van der Waals surface area (Å²) >= 11 is 0. The predicted molar refractivity (Wildman–Crippen MR) is 202 cm³/mol. The normalized spacial score (nSPS) is 11.3. The minimum absolute atomic E-state index is 0.959. The molecule has 2 heterocycles. The smallest absolute Gasteiger partial charge is 0.0794 e. The highest BCUT2D eigenvalue weighted by Gasteiger charge is 2.16. The van der Waals surface area contributed by atoms with Crippen molar-refractivity contribution in [2.45, 2.75) is 0 Å². The molecule has 0 amide bonds. The van der Waals surface area contributed by atoms with Crippen LogP contribution in [0.2, 0.25) is 0 Å². The van der Waals surface area contributed by atoms with E-state index in [9.17, 15) is 0 Å². The number of hydrogen-bond donors (Lipinski definition) is 0. The van der Waals surface area contributed by atoms with Crippen LogP contribution in [0.15, 0.2) is 182 Å². The summed E-state index contributed by atoms with van der Waals surface area (Å²) in [4.78, 5) is 10.4. The van der Waals surface area contributed by atoms with E-state index in [0.717, 1.165) is 60.8 Å². The summed E-state index contributed by atoms with van der Waals surface area (Å²) in [5, 5.41) is 4.64. The second-order valence-electron chi connectivity index (χ2n) is 12.2. The molecule has 0 saturated carbocycles. The van der Waals surface area contributed by atoms with E-state index < -0.39 is 0 Å². The first-order valence-electron chi connectivity index (χ1n) is 16.3. The van der Waals surface area contributed by atoms with E-state index in [0.29, 0.717) is 0 Å². The van der Waals surface area contributed by atoms with Crippen molar-refractivity contribution in [3.8, 4) is 55.9 Å². The average molecular weight is 611 g/mol. The first-order chi connectivity index (χ1) is 23.8. The van der Waals surface area contributed by atoms with Gasteiger partial charge in [-0.2, -0.15) is 0 Å². The summed E-state index contributed by atoms with van der Waals surface area (Å²) in [6, 6.07) is 64.4. The number of aromatic nitrogens is 2. The molecule has 9 rings (SSSR count). The molecule has 0 unspecified atom stereocenters. The highest BCUT2D eigenvalue weighted by atomic mass is 14.7. The van der Waals surface area contributed by atoms with E-state index in [4.69, 9.17) is 9.97 Å². The van der Waals surface area contributed by atoms with Gasteiger partial charge in [0, 0.05) is 27.3 Å². The fourth-order valence-corrected chi connectivity index (χ4v) is 6.91. The highest BCUT2D eigenvalue weighted by Crippen LogP contribution is 2.41. The lowest BCUT2D eigenvalue weighted by atomic mass is 9.90. The van der Waals surface area contributed by atoms with Crippen LogP contribution in [-0.4, -0.2) is 9.97 Å². The molecule has 0 N–H and O–H groups in total. The van der Waals surface area contributed by atoms with Crippen LogP contribution in [0, 0.1) is 0 Å². The first-order valence-corrected chi connectivity index (χ1v) is 16.3. The van der Waals surface area contributed by atoms with Gasteiger partial charge in [-0.15, -0.1) is 0 Å². The van der Waals surface area contributed by atoms with Gasteiger partial charge >= 0.3 is 0 Å². The summed E-state index contributed by atoms with van der Waals surface area (Å²) in [6.07, 6.45) is 0. The monoisotopic (exact) mass is 610 g/mol. The van der Waals surface area contributed by atoms with Gasteiger partial charge < -0.3 is 0 Å². The van der Waals surface area contributed by atoms with Crippen molar-refractivity contribution in [1.29, 1.82) is 0 Å². The Labute approximate surface area is 279 Å². The Morgan fingerprint density at radius 3 is 1.33 bits per heavy atom. The van der Waals surface area contributed by atoms with Gasteiger partial charge in [-0.25, -0.2) is 9.97 Å². The topological polar surface area (TPSA) is 25.8 Å². The van der Waals surface area contributed by atoms with Crippen LogP contribution >= 0.6 is 0 Å². The number of pyridine rings is 2. The SMILES string of the molecule is c1ccc(-c2cc(-c3ccc(-c4cc(-c5ccccc5)c5ccccc5n4)cc3)c3cc(-c4ccccc4)c4ccccc4c3n2)cc1. The number of para-hydroxylation sites is 1. The molecule has 7 aromatic carbocycles. The third-order valence-electron chi connectivity index (χ3n) is 9.27. The number of fused-ring (bicyclic) bond motifs is 4. The van der Waals surface area contributed by atoms with E-state index in [-0.39, 0.29) is 0 Å². The van der Waals surface area contributed by atoms with E-state index in [1.54, 1.807) is 0 Å². The second-order valence-corrected chi connectivity index (χ2v) is 12.2. The van der Waals surface area contributed by atoms with Crippen molar-refractivity contribution in [1.82, 2.24) is 9.97 Å². The lowest BCUT2D eigenvalue weighted by Gasteiger charge is -2.16. The molecular weight excluding hydrogens is 581 g/mol. The zero-order valence-electron chi connectivity index (χ0n) is 26.2. The summed E-state index contributed by atoms with van der Waals surface area (Å²) in [7, 11) is 0. The van der Waals surface area contributed by atoms with Crippen LogP contribution in [0.4, 0.5) is 0 Å². The van der Waals surface area contributed by atoms with Gasteiger partial charge in [0.1, 0.15) is 0 Å². The van der Waals surface area contributed by atoms with Crippen LogP contribution in [0.3, 0.4) is 0 Å². The van der Waals surface area contributed by atoms with Crippen molar-refractivity contribution in [2.24, 2.45) is 0 Å². The highest BCUT2D eigenvalue weighted by molar-refractivity contribution is 6.16. The molecule has 48 heavy (non-hydrogen) atoms. The molecule has 0 radical (unpaired) electrons. The van der Waals surface area contributed by atoms with Crippen LogP contribution in [0.5, 0.6) is 0 Å². The molecular formula is C46H30N2. The molecule has 0 spiro atoms. The first kappa shape index (κ1) is 27.9. The summed E-state index contributed by atoms with van der Waals surface area (Å²) < 4.78 is 0. The van der Waals surface area contributed by atoms with Gasteiger partial charge in [0.05, 0.1) is 22.4 Å². The van der Waals surface area contributed by atoms with Crippen LogP contribution in [0.25, 0.3) is 88.5 Å². The largest absolute Gasteiger partial charge is 0.248 e. The van der Waals surface area contributed by atoms with Crippen molar-refractivity contribution in [3.05, 3.63) is 182 Å². The van der Waals surface area contributed by atoms with E-state index >= 15 is 0 Å². The predicted octanol–water partition coefficient (Wildman–Crippen LogP) is 12.3. The minimum atomic E-state index is 0.959. The van der Waals surface area contributed by atoms with Crippen LogP contribution < -0.4 is 0 Å². The standard InChI is InChI=1S/C46H30N2/c1-4-14-31(15-5-1)39-28-42-41(30-45(34-18-8-3-9-19-34)48-46(42)38-22-11-10-20-36(38)39)33-24-26-35(27-25-33)44-29-40(32-16-6-2-7-17-32)37-21-12-13-23-43(37)47-44/h1-30H. The lowest BCUT2D eigenvalue weighted by molar-refractivity contribution is 1.39. The lowest BCUT2D eigenvalue weighted by Crippen LogP contribution is -1.93. The molecule has 2 heteroatoms. The van der Waals surface area contributed by atoms with E-state index in [2.05, 4.69) is 182 Å². The Morgan fingerprint density at radius 1 is 0.271 bits per heavy atom. The molecule has 0 aliphatic rings. The van der Waals surface area contributed by atoms with Gasteiger partial charge in [-0.05, 0) is 63.0 Å². The summed E-state index contributed by atoms with van der Waals surface area (Å²) in [6.45, 7) is 0. The quantitative estimate of drug-likeness (QED) is 0.181. The Morgan fingerprint density at radius 2 is 0.688 bits per heavy atom. The molecule has 9 aromatic rings. The average Bonchev–Trinajstić information content (AvgIpc) is 3.18. The van der Waals surface area contributed by atoms with Crippen molar-refractivity contribution < 1.29 is 0 Å². The Balaban J connectivity index is 1.25. The molecule has 2 nitrogen and oxygen atoms in total. The van der Waals surface area contributed by atoms with Crippen molar-refractivity contribution >= 4 is 32.6 Å². The molecule has 0 fully saturated rings. The minimum Gasteiger partial charge on any atom is -0.248 e. The fourth-order valence-electron chi connectivity index (χ4n) is 6.91. The van der Waals surface area contributed by atoms with E-state index in [1.807, 2.05) is 0 Å². The molecule has 0 aliphatic carbocycles. The third-order valence-corrected chi connectivity index (χ3v) is 9.27. The van der Waals surface area contributed by atoms with Crippen molar-refractivity contribution in [2.75, 3.05) is 0 Å². The Kier molecular flexibility index (Phi) is 6.84. The molecule has 0 saturated heterocycles.